The average Bonchev–Trinajstić information content (AvgIpc) is 3.96. The lowest BCUT2D eigenvalue weighted by atomic mass is 9.76. The summed E-state index contributed by atoms with van der Waals surface area (Å²) in [7, 11) is 0. The lowest BCUT2D eigenvalue weighted by Crippen LogP contribution is -2.21. The maximum atomic E-state index is 2.53. The van der Waals surface area contributed by atoms with E-state index in [1.165, 1.54) is 120 Å². The van der Waals surface area contributed by atoms with Gasteiger partial charge in [0.15, 0.2) is 0 Å². The van der Waals surface area contributed by atoms with E-state index in [-0.39, 0.29) is 10.8 Å². The van der Waals surface area contributed by atoms with E-state index >= 15 is 0 Å². The van der Waals surface area contributed by atoms with Crippen molar-refractivity contribution in [3.8, 4) is 44.5 Å². The van der Waals surface area contributed by atoms with Crippen molar-refractivity contribution in [2.75, 3.05) is 4.90 Å². The Balaban J connectivity index is 0.996. The number of benzene rings is 9. The minimum absolute atomic E-state index is 0.0798. The molecule has 1 nitrogen and oxygen atoms in total. The Morgan fingerprint density at radius 3 is 1.63 bits per heavy atom. The molecule has 1 heteroatoms. The summed E-state index contributed by atoms with van der Waals surface area (Å²) in [5, 5.41) is 5.14. The molecule has 0 radical (unpaired) electrons. The summed E-state index contributed by atoms with van der Waals surface area (Å²) in [6.45, 7) is 4.76. The van der Waals surface area contributed by atoms with Gasteiger partial charge >= 0.3 is 0 Å². The standard InChI is InChI=1S/C58H45N/c1-57(2)53-22-9-7-19-49(53)51-21-13-20-45(56(51)57)38-24-28-41(29-25-38)59(43-32-33-50-48-18-8-10-23-54(48)58(55(50)37-43)34-11-12-35-58)42-30-26-39(27-31-42)52-36-40-14-3-4-15-44(40)46-16-5-6-17-47(46)52/h3-10,13-33,36-37H,11-12,34-35H2,1-2H3. The molecular weight excluding hydrogens is 711 g/mol. The molecule has 12 rings (SSSR count). The Morgan fingerprint density at radius 1 is 0.373 bits per heavy atom. The molecule has 1 spiro atoms. The molecule has 0 bridgehead atoms. The number of nitrogens with zero attached hydrogens (tertiary/aromatic N) is 1. The third-order valence-corrected chi connectivity index (χ3v) is 14.2. The molecule has 9 aromatic rings. The molecule has 1 fully saturated rings. The van der Waals surface area contributed by atoms with Crippen LogP contribution in [0.3, 0.4) is 0 Å². The molecule has 3 aliphatic rings. The van der Waals surface area contributed by atoms with Crippen LogP contribution in [0.4, 0.5) is 17.1 Å². The Morgan fingerprint density at radius 2 is 0.898 bits per heavy atom. The molecule has 0 N–H and O–H groups in total. The van der Waals surface area contributed by atoms with Gasteiger partial charge in [-0.3, -0.25) is 0 Å². The maximum absolute atomic E-state index is 2.53. The van der Waals surface area contributed by atoms with E-state index < -0.39 is 0 Å². The molecule has 0 atom stereocenters. The normalized spacial score (nSPS) is 15.3. The maximum Gasteiger partial charge on any atom is 0.0465 e. The van der Waals surface area contributed by atoms with Gasteiger partial charge in [0.05, 0.1) is 0 Å². The number of hydrogen-bond donors (Lipinski definition) is 0. The second kappa shape index (κ2) is 12.9. The predicted octanol–water partition coefficient (Wildman–Crippen LogP) is 15.9. The van der Waals surface area contributed by atoms with Crippen molar-refractivity contribution in [2.45, 2.75) is 50.4 Å². The van der Waals surface area contributed by atoms with Gasteiger partial charge in [0.1, 0.15) is 0 Å². The Hall–Kier alpha value is -6.70. The quantitative estimate of drug-likeness (QED) is 0.158. The average molecular weight is 756 g/mol. The van der Waals surface area contributed by atoms with Crippen molar-refractivity contribution in [1.29, 1.82) is 0 Å². The molecule has 9 aromatic carbocycles. The lowest BCUT2D eigenvalue weighted by molar-refractivity contribution is 0.550. The van der Waals surface area contributed by atoms with Crippen molar-refractivity contribution in [3.63, 3.8) is 0 Å². The van der Waals surface area contributed by atoms with Crippen molar-refractivity contribution in [2.24, 2.45) is 0 Å². The summed E-state index contributed by atoms with van der Waals surface area (Å²) in [6, 6.07) is 70.9. The fraction of sp³-hybridized carbons (Fsp3) is 0.138. The van der Waals surface area contributed by atoms with Gasteiger partial charge in [0.25, 0.3) is 0 Å². The van der Waals surface area contributed by atoms with Gasteiger partial charge in [0, 0.05) is 27.9 Å². The van der Waals surface area contributed by atoms with Gasteiger partial charge in [-0.05, 0) is 144 Å². The van der Waals surface area contributed by atoms with E-state index in [4.69, 9.17) is 0 Å². The molecule has 0 unspecified atom stereocenters. The van der Waals surface area contributed by atoms with Crippen molar-refractivity contribution < 1.29 is 0 Å². The van der Waals surface area contributed by atoms with Crippen LogP contribution in [0.2, 0.25) is 0 Å². The van der Waals surface area contributed by atoms with E-state index in [0.29, 0.717) is 0 Å². The highest BCUT2D eigenvalue weighted by molar-refractivity contribution is 6.13. The van der Waals surface area contributed by atoms with Gasteiger partial charge in [-0.2, -0.15) is 0 Å². The molecule has 59 heavy (non-hydrogen) atoms. The first-order valence-corrected chi connectivity index (χ1v) is 21.4. The van der Waals surface area contributed by atoms with Gasteiger partial charge in [0.2, 0.25) is 0 Å². The van der Waals surface area contributed by atoms with Crippen molar-refractivity contribution in [1.82, 2.24) is 0 Å². The SMILES string of the molecule is CC1(C)c2ccccc2-c2cccc(-c3ccc(N(c4ccc(-c5cc6ccccc6c6ccccc56)cc4)c4ccc5c(c4)C4(CCCC4)c4ccccc4-5)cc3)c21. The highest BCUT2D eigenvalue weighted by atomic mass is 15.1. The first kappa shape index (κ1) is 34.4. The number of rotatable bonds is 5. The number of anilines is 3. The Bertz CT molecular complexity index is 3120. The molecule has 0 aliphatic heterocycles. The minimum atomic E-state index is -0.0798. The van der Waals surface area contributed by atoms with E-state index in [1.807, 2.05) is 0 Å². The van der Waals surface area contributed by atoms with Crippen LogP contribution in [-0.2, 0) is 10.8 Å². The van der Waals surface area contributed by atoms with Crippen LogP contribution >= 0.6 is 0 Å². The second-order valence-electron chi connectivity index (χ2n) is 17.6. The molecule has 0 amide bonds. The minimum Gasteiger partial charge on any atom is -0.310 e. The smallest absolute Gasteiger partial charge is 0.0465 e. The van der Waals surface area contributed by atoms with Gasteiger partial charge in [-0.1, -0.05) is 172 Å². The van der Waals surface area contributed by atoms with E-state index in [9.17, 15) is 0 Å². The van der Waals surface area contributed by atoms with E-state index in [2.05, 4.69) is 207 Å². The topological polar surface area (TPSA) is 3.24 Å². The summed E-state index contributed by atoms with van der Waals surface area (Å²) in [4.78, 5) is 2.48. The van der Waals surface area contributed by atoms with E-state index in [0.717, 1.165) is 11.4 Å². The fourth-order valence-electron chi connectivity index (χ4n) is 11.5. The molecule has 1 saturated carbocycles. The summed E-state index contributed by atoms with van der Waals surface area (Å²) in [5.74, 6) is 0. The first-order chi connectivity index (χ1) is 29.0. The van der Waals surface area contributed by atoms with Crippen LogP contribution in [0.15, 0.2) is 188 Å². The van der Waals surface area contributed by atoms with E-state index in [1.54, 1.807) is 0 Å². The van der Waals surface area contributed by atoms with Crippen molar-refractivity contribution in [3.05, 3.63) is 210 Å². The Kier molecular flexibility index (Phi) is 7.51. The Labute approximate surface area is 347 Å². The monoisotopic (exact) mass is 755 g/mol. The van der Waals surface area contributed by atoms with Crippen LogP contribution < -0.4 is 4.90 Å². The zero-order valence-electron chi connectivity index (χ0n) is 33.7. The van der Waals surface area contributed by atoms with Crippen LogP contribution in [0.5, 0.6) is 0 Å². The summed E-state index contributed by atoms with van der Waals surface area (Å²) >= 11 is 0. The second-order valence-corrected chi connectivity index (χ2v) is 17.6. The molecular formula is C58H45N. The van der Waals surface area contributed by atoms with Crippen molar-refractivity contribution >= 4 is 38.6 Å². The summed E-state index contributed by atoms with van der Waals surface area (Å²) < 4.78 is 0. The highest BCUT2D eigenvalue weighted by Crippen LogP contribution is 2.58. The van der Waals surface area contributed by atoms with Crippen LogP contribution in [-0.4, -0.2) is 0 Å². The zero-order chi connectivity index (χ0) is 39.3. The third-order valence-electron chi connectivity index (χ3n) is 14.2. The molecule has 282 valence electrons. The summed E-state index contributed by atoms with van der Waals surface area (Å²) in [6.07, 6.45) is 4.98. The first-order valence-electron chi connectivity index (χ1n) is 21.4. The summed E-state index contributed by atoms with van der Waals surface area (Å²) in [5.41, 5.74) is 20.0. The largest absolute Gasteiger partial charge is 0.310 e. The van der Waals surface area contributed by atoms with Crippen LogP contribution in [0, 0.1) is 0 Å². The third kappa shape index (κ3) is 5.04. The molecule has 0 heterocycles. The van der Waals surface area contributed by atoms with Gasteiger partial charge < -0.3 is 4.90 Å². The number of fused-ring (bicyclic) bond motifs is 11. The predicted molar refractivity (Wildman–Crippen MR) is 249 cm³/mol. The van der Waals surface area contributed by atoms with Crippen LogP contribution in [0.25, 0.3) is 66.1 Å². The van der Waals surface area contributed by atoms with Gasteiger partial charge in [-0.25, -0.2) is 0 Å². The lowest BCUT2D eigenvalue weighted by Gasteiger charge is -2.30. The zero-order valence-corrected chi connectivity index (χ0v) is 33.7. The number of hydrogen-bond acceptors (Lipinski definition) is 1. The molecule has 0 saturated heterocycles. The highest BCUT2D eigenvalue weighted by Gasteiger charge is 2.45. The molecule has 0 aromatic heterocycles. The van der Waals surface area contributed by atoms with Gasteiger partial charge in [-0.15, -0.1) is 0 Å². The van der Waals surface area contributed by atoms with Crippen LogP contribution in [0.1, 0.15) is 61.8 Å². The molecule has 3 aliphatic carbocycles. The fourth-order valence-corrected chi connectivity index (χ4v) is 11.5.